The topological polar surface area (TPSA) is 0 Å². The van der Waals surface area contributed by atoms with Crippen LogP contribution in [0.4, 0.5) is 0 Å². The molecule has 0 N–H and O–H groups in total. The summed E-state index contributed by atoms with van der Waals surface area (Å²) in [6, 6.07) is 14.8. The standard InChI is InChI=1S/C42H62/c1-5-7-9-11-13-15-17-19-21-23-25-35-31-33(3)37-27-28-38-34(4)32-36(40-30-29-39(35)41(37)42(38)40)26-24-22-20-18-16-14-12-10-8-6-2/h27-32H,5-26H2,1-4H3. The van der Waals surface area contributed by atoms with Crippen LogP contribution in [0, 0.1) is 13.8 Å². The van der Waals surface area contributed by atoms with Crippen LogP contribution in [0.2, 0.25) is 0 Å². The highest BCUT2D eigenvalue weighted by Crippen LogP contribution is 2.41. The summed E-state index contributed by atoms with van der Waals surface area (Å²) in [6.07, 6.45) is 30.5. The molecule has 0 heterocycles. The maximum absolute atomic E-state index is 2.51. The van der Waals surface area contributed by atoms with E-state index in [9.17, 15) is 0 Å². The molecule has 0 amide bonds. The highest BCUT2D eigenvalue weighted by atomic mass is 14.2. The van der Waals surface area contributed by atoms with E-state index >= 15 is 0 Å². The maximum Gasteiger partial charge on any atom is -0.00212 e. The molecule has 230 valence electrons. The van der Waals surface area contributed by atoms with Gasteiger partial charge in [-0.15, -0.1) is 0 Å². The minimum Gasteiger partial charge on any atom is -0.0654 e. The summed E-state index contributed by atoms with van der Waals surface area (Å²) in [4.78, 5) is 0. The molecule has 4 aromatic rings. The van der Waals surface area contributed by atoms with Crippen molar-refractivity contribution in [3.63, 3.8) is 0 Å². The first kappa shape index (κ1) is 32.8. The van der Waals surface area contributed by atoms with Crippen LogP contribution in [0.25, 0.3) is 32.3 Å². The van der Waals surface area contributed by atoms with Gasteiger partial charge >= 0.3 is 0 Å². The second-order valence-electron chi connectivity index (χ2n) is 13.6. The third-order valence-corrected chi connectivity index (χ3v) is 10.1. The molecule has 4 rings (SSSR count). The lowest BCUT2D eigenvalue weighted by atomic mass is 9.85. The molecule has 0 aliphatic carbocycles. The zero-order valence-corrected chi connectivity index (χ0v) is 28.0. The van der Waals surface area contributed by atoms with Crippen LogP contribution < -0.4 is 0 Å². The van der Waals surface area contributed by atoms with Crippen LogP contribution in [-0.4, -0.2) is 0 Å². The molecular weight excluding hydrogens is 504 g/mol. The van der Waals surface area contributed by atoms with Crippen molar-refractivity contribution >= 4 is 32.3 Å². The van der Waals surface area contributed by atoms with Gasteiger partial charge in [-0.2, -0.15) is 0 Å². The third kappa shape index (κ3) is 8.97. The molecule has 0 nitrogen and oxygen atoms in total. The van der Waals surface area contributed by atoms with Gasteiger partial charge in [-0.05, 0) is 94.1 Å². The van der Waals surface area contributed by atoms with Gasteiger partial charge in [0.05, 0.1) is 0 Å². The average Bonchev–Trinajstić information content (AvgIpc) is 3.00. The molecule has 42 heavy (non-hydrogen) atoms. The van der Waals surface area contributed by atoms with Gasteiger partial charge in [0.2, 0.25) is 0 Å². The summed E-state index contributed by atoms with van der Waals surface area (Å²) in [5.74, 6) is 0. The van der Waals surface area contributed by atoms with Crippen LogP contribution in [0.3, 0.4) is 0 Å². The van der Waals surface area contributed by atoms with Gasteiger partial charge in [0.1, 0.15) is 0 Å². The molecule has 0 atom stereocenters. The summed E-state index contributed by atoms with van der Waals surface area (Å²) in [7, 11) is 0. The second-order valence-corrected chi connectivity index (χ2v) is 13.6. The quantitative estimate of drug-likeness (QED) is 0.0655. The molecular formula is C42H62. The lowest BCUT2D eigenvalue weighted by Crippen LogP contribution is -1.97. The van der Waals surface area contributed by atoms with Crippen molar-refractivity contribution in [1.82, 2.24) is 0 Å². The van der Waals surface area contributed by atoms with Crippen molar-refractivity contribution in [2.24, 2.45) is 0 Å². The van der Waals surface area contributed by atoms with Crippen LogP contribution in [0.5, 0.6) is 0 Å². The van der Waals surface area contributed by atoms with Crippen LogP contribution >= 0.6 is 0 Å². The fourth-order valence-electron chi connectivity index (χ4n) is 7.54. The Morgan fingerprint density at radius 1 is 0.357 bits per heavy atom. The summed E-state index contributed by atoms with van der Waals surface area (Å²) in [5.41, 5.74) is 6.06. The van der Waals surface area contributed by atoms with Crippen LogP contribution in [0.1, 0.15) is 165 Å². The normalized spacial score (nSPS) is 12.0. The summed E-state index contributed by atoms with van der Waals surface area (Å²) >= 11 is 0. The van der Waals surface area contributed by atoms with E-state index in [1.807, 2.05) is 0 Å². The van der Waals surface area contributed by atoms with Gasteiger partial charge in [-0.1, -0.05) is 166 Å². The number of aryl methyl sites for hydroxylation is 4. The van der Waals surface area contributed by atoms with Gasteiger partial charge in [0.15, 0.2) is 0 Å². The average molecular weight is 567 g/mol. The van der Waals surface area contributed by atoms with Gasteiger partial charge in [-0.25, -0.2) is 0 Å². The Bertz CT molecular complexity index is 1220. The van der Waals surface area contributed by atoms with E-state index in [-0.39, 0.29) is 0 Å². The zero-order valence-electron chi connectivity index (χ0n) is 28.0. The molecule has 0 saturated heterocycles. The largest absolute Gasteiger partial charge is 0.0654 e. The van der Waals surface area contributed by atoms with Gasteiger partial charge in [-0.3, -0.25) is 0 Å². The van der Waals surface area contributed by atoms with E-state index < -0.39 is 0 Å². The van der Waals surface area contributed by atoms with E-state index in [0.29, 0.717) is 0 Å². The SMILES string of the molecule is CCCCCCCCCCCCc1cc(C)c2ccc3c(C)cc(CCCCCCCCCCCC)c4ccc1c2c34. The second kappa shape index (κ2) is 17.9. The van der Waals surface area contributed by atoms with Crippen molar-refractivity contribution in [2.45, 2.75) is 169 Å². The highest BCUT2D eigenvalue weighted by Gasteiger charge is 2.16. The Hall–Kier alpha value is -2.08. The minimum absolute atomic E-state index is 1.22. The van der Waals surface area contributed by atoms with E-state index in [1.165, 1.54) is 174 Å². The molecule has 0 fully saturated rings. The first-order valence-electron chi connectivity index (χ1n) is 18.3. The molecule has 0 saturated carbocycles. The fraction of sp³-hybridized carbons (Fsp3) is 0.619. The number of benzene rings is 4. The maximum atomic E-state index is 2.51. The number of rotatable bonds is 22. The van der Waals surface area contributed by atoms with E-state index in [2.05, 4.69) is 64.1 Å². The van der Waals surface area contributed by atoms with E-state index in [1.54, 1.807) is 21.9 Å². The highest BCUT2D eigenvalue weighted by molar-refractivity contribution is 6.25. The fourth-order valence-corrected chi connectivity index (χ4v) is 7.54. The Kier molecular flexibility index (Phi) is 14.0. The van der Waals surface area contributed by atoms with Crippen molar-refractivity contribution in [1.29, 1.82) is 0 Å². The van der Waals surface area contributed by atoms with Crippen molar-refractivity contribution < 1.29 is 0 Å². The summed E-state index contributed by atoms with van der Waals surface area (Å²) in [5, 5.41) is 9.04. The summed E-state index contributed by atoms with van der Waals surface area (Å²) in [6.45, 7) is 9.29. The third-order valence-electron chi connectivity index (χ3n) is 10.1. The first-order chi connectivity index (χ1) is 20.7. The van der Waals surface area contributed by atoms with E-state index in [4.69, 9.17) is 0 Å². The predicted octanol–water partition coefficient (Wildman–Crippen LogP) is 14.1. The molecule has 0 aromatic heterocycles. The Labute approximate surface area is 259 Å². The minimum atomic E-state index is 1.22. The van der Waals surface area contributed by atoms with Crippen LogP contribution in [0.15, 0.2) is 36.4 Å². The number of hydrogen-bond donors (Lipinski definition) is 0. The van der Waals surface area contributed by atoms with Gasteiger partial charge in [0.25, 0.3) is 0 Å². The number of hydrogen-bond acceptors (Lipinski definition) is 0. The smallest absolute Gasteiger partial charge is 0.00212 e. The first-order valence-corrected chi connectivity index (χ1v) is 18.3. The Morgan fingerprint density at radius 2 is 0.643 bits per heavy atom. The molecule has 0 aliphatic heterocycles. The molecule has 0 heteroatoms. The molecule has 0 bridgehead atoms. The monoisotopic (exact) mass is 566 g/mol. The lowest BCUT2D eigenvalue weighted by molar-refractivity contribution is 0.556. The van der Waals surface area contributed by atoms with Gasteiger partial charge in [0, 0.05) is 0 Å². The Morgan fingerprint density at radius 3 is 0.976 bits per heavy atom. The zero-order chi connectivity index (χ0) is 29.6. The predicted molar refractivity (Wildman–Crippen MR) is 191 cm³/mol. The van der Waals surface area contributed by atoms with Crippen molar-refractivity contribution in [3.8, 4) is 0 Å². The number of unbranched alkanes of at least 4 members (excludes halogenated alkanes) is 18. The van der Waals surface area contributed by atoms with Crippen LogP contribution in [-0.2, 0) is 12.8 Å². The molecule has 0 aliphatic rings. The van der Waals surface area contributed by atoms with E-state index in [0.717, 1.165) is 0 Å². The molecule has 0 spiro atoms. The molecule has 0 radical (unpaired) electrons. The van der Waals surface area contributed by atoms with Gasteiger partial charge < -0.3 is 0 Å². The van der Waals surface area contributed by atoms with Crippen molar-refractivity contribution in [3.05, 3.63) is 58.7 Å². The molecule has 4 aromatic carbocycles. The lowest BCUT2D eigenvalue weighted by Gasteiger charge is -2.19. The Balaban J connectivity index is 1.38. The molecule has 0 unspecified atom stereocenters. The summed E-state index contributed by atoms with van der Waals surface area (Å²) < 4.78 is 0. The van der Waals surface area contributed by atoms with Crippen molar-refractivity contribution in [2.75, 3.05) is 0 Å².